The van der Waals surface area contributed by atoms with E-state index in [2.05, 4.69) is 113 Å². The molecule has 0 unspecified atom stereocenters. The molecule has 0 amide bonds. The Morgan fingerprint density at radius 1 is 0.550 bits per heavy atom. The Balaban J connectivity index is 1.35. The summed E-state index contributed by atoms with van der Waals surface area (Å²) in [5.74, 6) is 0. The van der Waals surface area contributed by atoms with E-state index in [1.165, 1.54) is 32.9 Å². The van der Waals surface area contributed by atoms with Gasteiger partial charge in [-0.2, -0.15) is 0 Å². The number of allylic oxidation sites excluding steroid dienone is 2. The lowest BCUT2D eigenvalue weighted by atomic mass is 9.94. The summed E-state index contributed by atoms with van der Waals surface area (Å²) in [6.45, 7) is 0. The number of hydrogen-bond acceptors (Lipinski definition) is 5. The summed E-state index contributed by atoms with van der Waals surface area (Å²) >= 11 is 0. The van der Waals surface area contributed by atoms with E-state index in [0.717, 1.165) is 33.9 Å². The van der Waals surface area contributed by atoms with Gasteiger partial charge in [0.15, 0.2) is 0 Å². The lowest BCUT2D eigenvalue weighted by Gasteiger charge is -2.29. The zero-order chi connectivity index (χ0) is 27.1. The number of benzene rings is 2. The monoisotopic (exact) mass is 517 g/mol. The van der Waals surface area contributed by atoms with Gasteiger partial charge < -0.3 is 9.80 Å². The first kappa shape index (κ1) is 23.8. The number of fused-ring (bicyclic) bond motifs is 3. The Morgan fingerprint density at radius 3 is 1.77 bits per heavy atom. The van der Waals surface area contributed by atoms with Gasteiger partial charge >= 0.3 is 0 Å². The zero-order valence-electron chi connectivity index (χ0n) is 22.4. The predicted octanol–water partition coefficient (Wildman–Crippen LogP) is 6.03. The Labute approximate surface area is 233 Å². The summed E-state index contributed by atoms with van der Waals surface area (Å²) in [6.07, 6.45) is 16.4. The number of hydrogen-bond donors (Lipinski definition) is 0. The molecule has 40 heavy (non-hydrogen) atoms. The minimum Gasteiger partial charge on any atom is -0.349 e. The van der Waals surface area contributed by atoms with Crippen LogP contribution >= 0.6 is 0 Å². The van der Waals surface area contributed by atoms with Crippen LogP contribution < -0.4 is 20.2 Å². The van der Waals surface area contributed by atoms with Crippen molar-refractivity contribution in [2.75, 3.05) is 23.9 Å². The van der Waals surface area contributed by atoms with E-state index in [9.17, 15) is 0 Å². The van der Waals surface area contributed by atoms with Crippen LogP contribution in [0, 0.1) is 0 Å². The van der Waals surface area contributed by atoms with E-state index in [0.29, 0.717) is 0 Å². The molecule has 0 atom stereocenters. The van der Waals surface area contributed by atoms with Gasteiger partial charge in [0.1, 0.15) is 0 Å². The third kappa shape index (κ3) is 4.18. The van der Waals surface area contributed by atoms with Crippen molar-refractivity contribution in [2.24, 2.45) is 0 Å². The van der Waals surface area contributed by atoms with Crippen LogP contribution in [0.2, 0.25) is 0 Å². The summed E-state index contributed by atoms with van der Waals surface area (Å²) in [5, 5.41) is 2.44. The van der Waals surface area contributed by atoms with Gasteiger partial charge in [-0.15, -0.1) is 0 Å². The summed E-state index contributed by atoms with van der Waals surface area (Å²) in [7, 11) is 4.22. The fraction of sp³-hybridized carbons (Fsp3) is 0.0571. The van der Waals surface area contributed by atoms with Crippen LogP contribution in [0.25, 0.3) is 57.2 Å². The SMILES string of the molecule is CN1C=CC=c2cc(-c3ccc(-c4cc(-c5ccccn5)nc(-c5ccccn5)c4)cc3)c3c(c21)N(C)C=CC=3. The number of anilines is 2. The van der Waals surface area contributed by atoms with Gasteiger partial charge in [-0.25, -0.2) is 4.98 Å². The van der Waals surface area contributed by atoms with Gasteiger partial charge in [0.25, 0.3) is 0 Å². The quantitative estimate of drug-likeness (QED) is 0.291. The average molecular weight is 518 g/mol. The molecule has 3 aromatic heterocycles. The van der Waals surface area contributed by atoms with Crippen LogP contribution in [0.4, 0.5) is 11.4 Å². The molecule has 0 spiro atoms. The number of aromatic nitrogens is 3. The molecule has 0 saturated heterocycles. The van der Waals surface area contributed by atoms with Crippen molar-refractivity contribution in [3.63, 3.8) is 0 Å². The molecule has 192 valence electrons. The second-order valence-corrected chi connectivity index (χ2v) is 10.00. The molecule has 5 nitrogen and oxygen atoms in total. The molecule has 2 aliphatic rings. The summed E-state index contributed by atoms with van der Waals surface area (Å²) in [6, 6.07) is 27.1. The lowest BCUT2D eigenvalue weighted by molar-refractivity contribution is 1.12. The fourth-order valence-corrected chi connectivity index (χ4v) is 5.48. The van der Waals surface area contributed by atoms with Crippen molar-refractivity contribution in [1.82, 2.24) is 15.0 Å². The molecule has 5 aromatic rings. The van der Waals surface area contributed by atoms with E-state index in [4.69, 9.17) is 4.98 Å². The van der Waals surface area contributed by atoms with Crippen molar-refractivity contribution in [2.45, 2.75) is 0 Å². The van der Waals surface area contributed by atoms with Gasteiger partial charge in [0.2, 0.25) is 0 Å². The Morgan fingerprint density at radius 2 is 1.15 bits per heavy atom. The minimum atomic E-state index is 0.823. The largest absolute Gasteiger partial charge is 0.349 e. The van der Waals surface area contributed by atoms with E-state index in [-0.39, 0.29) is 0 Å². The van der Waals surface area contributed by atoms with Gasteiger partial charge in [0, 0.05) is 49.3 Å². The highest BCUT2D eigenvalue weighted by Gasteiger charge is 2.19. The molecule has 5 heteroatoms. The molecule has 0 aliphatic carbocycles. The highest BCUT2D eigenvalue weighted by Crippen LogP contribution is 2.32. The molecule has 0 bridgehead atoms. The van der Waals surface area contributed by atoms with Gasteiger partial charge in [0.05, 0.1) is 34.2 Å². The maximum atomic E-state index is 4.91. The minimum absolute atomic E-state index is 0.823. The van der Waals surface area contributed by atoms with E-state index in [1.54, 1.807) is 12.4 Å². The van der Waals surface area contributed by atoms with Gasteiger partial charge in [-0.05, 0) is 76.9 Å². The second-order valence-electron chi connectivity index (χ2n) is 10.00. The Kier molecular flexibility index (Phi) is 5.82. The highest BCUT2D eigenvalue weighted by atomic mass is 15.2. The van der Waals surface area contributed by atoms with Crippen LogP contribution in [0.1, 0.15) is 0 Å². The van der Waals surface area contributed by atoms with Gasteiger partial charge in [-0.1, -0.05) is 48.6 Å². The van der Waals surface area contributed by atoms with Crippen molar-refractivity contribution in [1.29, 1.82) is 0 Å². The molecular formula is C35H27N5. The molecule has 2 aliphatic heterocycles. The van der Waals surface area contributed by atoms with Gasteiger partial charge in [-0.3, -0.25) is 9.97 Å². The highest BCUT2D eigenvalue weighted by molar-refractivity contribution is 5.87. The predicted molar refractivity (Wildman–Crippen MR) is 165 cm³/mol. The third-order valence-corrected chi connectivity index (χ3v) is 7.42. The van der Waals surface area contributed by atoms with Crippen molar-refractivity contribution in [3.05, 3.63) is 126 Å². The zero-order valence-corrected chi connectivity index (χ0v) is 22.4. The molecule has 0 N–H and O–H groups in total. The molecule has 2 aromatic carbocycles. The Hall–Kier alpha value is -5.29. The van der Waals surface area contributed by atoms with Crippen molar-refractivity contribution in [3.8, 4) is 45.0 Å². The first-order valence-electron chi connectivity index (χ1n) is 13.3. The first-order valence-corrected chi connectivity index (χ1v) is 13.3. The molecular weight excluding hydrogens is 490 g/mol. The van der Waals surface area contributed by atoms with Crippen molar-refractivity contribution >= 4 is 23.5 Å². The number of nitrogens with zero attached hydrogens (tertiary/aromatic N) is 5. The second kappa shape index (κ2) is 9.79. The van der Waals surface area contributed by atoms with E-state index < -0.39 is 0 Å². The fourth-order valence-electron chi connectivity index (χ4n) is 5.48. The molecule has 0 fully saturated rings. The molecule has 0 radical (unpaired) electrons. The molecule has 0 saturated carbocycles. The molecule has 7 rings (SSSR count). The topological polar surface area (TPSA) is 45.2 Å². The van der Waals surface area contributed by atoms with Crippen LogP contribution in [0.15, 0.2) is 116 Å². The Bertz CT molecular complexity index is 1850. The van der Waals surface area contributed by atoms with E-state index >= 15 is 0 Å². The maximum Gasteiger partial charge on any atom is 0.0900 e. The van der Waals surface area contributed by atoms with Crippen LogP contribution in [-0.2, 0) is 0 Å². The number of rotatable bonds is 4. The van der Waals surface area contributed by atoms with Crippen LogP contribution in [0.5, 0.6) is 0 Å². The third-order valence-electron chi connectivity index (χ3n) is 7.42. The smallest absolute Gasteiger partial charge is 0.0900 e. The maximum absolute atomic E-state index is 4.91. The lowest BCUT2D eigenvalue weighted by Crippen LogP contribution is -2.32. The summed E-state index contributed by atoms with van der Waals surface area (Å²) in [4.78, 5) is 18.4. The average Bonchev–Trinajstić information content (AvgIpc) is 3.01. The first-order chi connectivity index (χ1) is 19.7. The van der Waals surface area contributed by atoms with Crippen LogP contribution in [-0.4, -0.2) is 29.0 Å². The normalized spacial score (nSPS) is 13.3. The van der Waals surface area contributed by atoms with Crippen LogP contribution in [0.3, 0.4) is 0 Å². The summed E-state index contributed by atoms with van der Waals surface area (Å²) in [5.41, 5.74) is 10.3. The number of pyridine rings is 3. The van der Waals surface area contributed by atoms with E-state index in [1.807, 2.05) is 36.4 Å². The standard InChI is InChI=1S/C35H27N5/c1-39-19-7-9-26-21-29(28-10-8-20-40(2)35(28)34(26)39)25-15-13-24(14-16-25)27-22-32(30-11-3-5-17-36-30)38-33(23-27)31-12-4-6-18-37-31/h3-23H,1-2H3. The van der Waals surface area contributed by atoms with Crippen molar-refractivity contribution < 1.29 is 0 Å². The molecule has 5 heterocycles. The summed E-state index contributed by atoms with van der Waals surface area (Å²) < 4.78 is 0.